The van der Waals surface area contributed by atoms with Gasteiger partial charge in [-0.15, -0.1) is 0 Å². The Morgan fingerprint density at radius 2 is 1.91 bits per heavy atom. The molecule has 168 valence electrons. The number of piperazine rings is 1. The quantitative estimate of drug-likeness (QED) is 0.589. The standard InChI is InChI=1S/C27H29N5O/c1-20(32-13-11-31(2)12-14-32)23-16-21-6-3-4-15-33-25-8-5-7-22(19-25)26-9-10-28-27(30-26)29-24(17-21)18-23/h3-5,7-10,16-19H,1,6,11-15H2,2H3,(H,28,29,30)/b4-3+. The van der Waals surface area contributed by atoms with Crippen molar-refractivity contribution in [1.29, 1.82) is 0 Å². The number of nitrogens with one attached hydrogen (secondary N) is 1. The van der Waals surface area contributed by atoms with Gasteiger partial charge in [0, 0.05) is 49.3 Å². The molecule has 3 heterocycles. The van der Waals surface area contributed by atoms with Gasteiger partial charge in [-0.2, -0.15) is 0 Å². The molecule has 0 amide bonds. The summed E-state index contributed by atoms with van der Waals surface area (Å²) in [6.07, 6.45) is 6.82. The summed E-state index contributed by atoms with van der Waals surface area (Å²) in [6, 6.07) is 16.4. The Balaban J connectivity index is 1.49. The number of fused-ring (bicyclic) bond motifs is 7. The van der Waals surface area contributed by atoms with Crippen LogP contribution >= 0.6 is 0 Å². The van der Waals surface area contributed by atoms with Gasteiger partial charge >= 0.3 is 0 Å². The molecule has 0 atom stereocenters. The summed E-state index contributed by atoms with van der Waals surface area (Å²) >= 11 is 0. The highest BCUT2D eigenvalue weighted by Crippen LogP contribution is 2.27. The summed E-state index contributed by atoms with van der Waals surface area (Å²) in [5, 5.41) is 3.42. The first-order chi connectivity index (χ1) is 16.1. The van der Waals surface area contributed by atoms with Crippen molar-refractivity contribution in [2.24, 2.45) is 0 Å². The van der Waals surface area contributed by atoms with E-state index in [1.165, 1.54) is 5.56 Å². The monoisotopic (exact) mass is 439 g/mol. The van der Waals surface area contributed by atoms with E-state index in [4.69, 9.17) is 9.72 Å². The summed E-state index contributed by atoms with van der Waals surface area (Å²) in [4.78, 5) is 13.9. The molecule has 2 aromatic carbocycles. The first kappa shape index (κ1) is 21.2. The Morgan fingerprint density at radius 1 is 1.03 bits per heavy atom. The van der Waals surface area contributed by atoms with E-state index in [-0.39, 0.29) is 0 Å². The van der Waals surface area contributed by atoms with Gasteiger partial charge in [0.1, 0.15) is 12.4 Å². The maximum atomic E-state index is 5.93. The van der Waals surface area contributed by atoms with Gasteiger partial charge in [0.15, 0.2) is 0 Å². The summed E-state index contributed by atoms with van der Waals surface area (Å²) in [5.74, 6) is 1.39. The third-order valence-electron chi connectivity index (χ3n) is 6.12. The van der Waals surface area contributed by atoms with Crippen LogP contribution in [0.3, 0.4) is 0 Å². The molecule has 5 rings (SSSR count). The number of likely N-dealkylation sites (N-methyl/N-ethyl adjacent to an activating group) is 1. The number of hydrogen-bond acceptors (Lipinski definition) is 6. The number of hydrogen-bond donors (Lipinski definition) is 1. The van der Waals surface area contributed by atoms with Crippen molar-refractivity contribution in [2.75, 3.05) is 45.2 Å². The second kappa shape index (κ2) is 9.46. The number of ether oxygens (including phenoxy) is 1. The zero-order valence-corrected chi connectivity index (χ0v) is 19.0. The number of anilines is 2. The molecule has 6 heteroatoms. The highest BCUT2D eigenvalue weighted by molar-refractivity contribution is 5.70. The third-order valence-corrected chi connectivity index (χ3v) is 6.12. The molecule has 1 N–H and O–H groups in total. The molecular formula is C27H29N5O. The molecule has 6 nitrogen and oxygen atoms in total. The Kier molecular flexibility index (Phi) is 6.09. The van der Waals surface area contributed by atoms with Gasteiger partial charge in [-0.1, -0.05) is 30.9 Å². The Hall–Kier alpha value is -3.64. The highest BCUT2D eigenvalue weighted by Gasteiger charge is 2.17. The molecule has 0 aliphatic carbocycles. The van der Waals surface area contributed by atoms with Crippen molar-refractivity contribution in [2.45, 2.75) is 6.42 Å². The summed E-state index contributed by atoms with van der Waals surface area (Å²) in [7, 11) is 2.17. The molecule has 3 aromatic rings. The summed E-state index contributed by atoms with van der Waals surface area (Å²) < 4.78 is 5.93. The minimum atomic E-state index is 0.525. The van der Waals surface area contributed by atoms with Crippen LogP contribution < -0.4 is 10.1 Å². The molecule has 0 unspecified atom stereocenters. The van der Waals surface area contributed by atoms with E-state index >= 15 is 0 Å². The zero-order chi connectivity index (χ0) is 22.6. The Morgan fingerprint density at radius 3 is 2.79 bits per heavy atom. The van der Waals surface area contributed by atoms with Gasteiger partial charge in [-0.3, -0.25) is 0 Å². The molecule has 0 spiro atoms. The summed E-state index contributed by atoms with van der Waals surface area (Å²) in [6.45, 7) is 9.04. The molecule has 2 aliphatic rings. The number of allylic oxidation sites excluding steroid dienone is 1. The fourth-order valence-electron chi connectivity index (χ4n) is 4.19. The fraction of sp³-hybridized carbons (Fsp3) is 0.259. The molecule has 2 aliphatic heterocycles. The second-order valence-corrected chi connectivity index (χ2v) is 8.56. The molecule has 33 heavy (non-hydrogen) atoms. The fourth-order valence-corrected chi connectivity index (χ4v) is 4.19. The van der Waals surface area contributed by atoms with Crippen molar-refractivity contribution in [3.05, 3.63) is 84.6 Å². The molecule has 6 bridgehead atoms. The molecule has 1 aromatic heterocycles. The van der Waals surface area contributed by atoms with Crippen LogP contribution in [0.5, 0.6) is 5.75 Å². The van der Waals surface area contributed by atoms with Gasteiger partial charge in [-0.05, 0) is 61.0 Å². The lowest BCUT2D eigenvalue weighted by Gasteiger charge is -2.35. The van der Waals surface area contributed by atoms with Crippen LogP contribution in [0.15, 0.2) is 73.5 Å². The average molecular weight is 440 g/mol. The van der Waals surface area contributed by atoms with Crippen LogP contribution in [0.4, 0.5) is 11.6 Å². The van der Waals surface area contributed by atoms with Gasteiger partial charge in [0.2, 0.25) is 5.95 Å². The van der Waals surface area contributed by atoms with Crippen molar-refractivity contribution < 1.29 is 4.74 Å². The predicted octanol–water partition coefficient (Wildman–Crippen LogP) is 4.60. The second-order valence-electron chi connectivity index (χ2n) is 8.56. The smallest absolute Gasteiger partial charge is 0.227 e. The van der Waals surface area contributed by atoms with Crippen LogP contribution in [-0.4, -0.2) is 59.6 Å². The van der Waals surface area contributed by atoms with Gasteiger partial charge in [-0.25, -0.2) is 9.97 Å². The number of benzene rings is 2. The van der Waals surface area contributed by atoms with Crippen LogP contribution in [0.1, 0.15) is 11.1 Å². The zero-order valence-electron chi connectivity index (χ0n) is 19.0. The molecule has 1 fully saturated rings. The minimum Gasteiger partial charge on any atom is -0.490 e. The molecule has 0 radical (unpaired) electrons. The number of aromatic nitrogens is 2. The normalized spacial score (nSPS) is 17.2. The lowest BCUT2D eigenvalue weighted by atomic mass is 10.0. The van der Waals surface area contributed by atoms with Crippen LogP contribution in [0.25, 0.3) is 17.0 Å². The van der Waals surface area contributed by atoms with Crippen LogP contribution in [0.2, 0.25) is 0 Å². The van der Waals surface area contributed by atoms with E-state index in [0.717, 1.165) is 66.6 Å². The summed E-state index contributed by atoms with van der Waals surface area (Å²) in [5.41, 5.74) is 6.19. The van der Waals surface area contributed by atoms with Gasteiger partial charge < -0.3 is 19.9 Å². The lowest BCUT2D eigenvalue weighted by molar-refractivity contribution is 0.207. The molecule has 0 saturated carbocycles. The van der Waals surface area contributed by atoms with Crippen LogP contribution in [0, 0.1) is 0 Å². The molecule has 1 saturated heterocycles. The maximum Gasteiger partial charge on any atom is 0.227 e. The van der Waals surface area contributed by atoms with Gasteiger partial charge in [0.25, 0.3) is 0 Å². The third kappa shape index (κ3) is 5.07. The number of rotatable bonds is 2. The average Bonchev–Trinajstić information content (AvgIpc) is 2.84. The first-order valence-electron chi connectivity index (χ1n) is 11.4. The van der Waals surface area contributed by atoms with E-state index in [9.17, 15) is 0 Å². The van der Waals surface area contributed by atoms with E-state index in [1.54, 1.807) is 6.20 Å². The van der Waals surface area contributed by atoms with Crippen molar-refractivity contribution in [3.63, 3.8) is 0 Å². The maximum absolute atomic E-state index is 5.93. The van der Waals surface area contributed by atoms with E-state index in [1.807, 2.05) is 30.3 Å². The minimum absolute atomic E-state index is 0.525. The van der Waals surface area contributed by atoms with Crippen molar-refractivity contribution in [1.82, 2.24) is 19.8 Å². The molecular weight excluding hydrogens is 410 g/mol. The lowest BCUT2D eigenvalue weighted by Crippen LogP contribution is -2.43. The first-order valence-corrected chi connectivity index (χ1v) is 11.4. The van der Waals surface area contributed by atoms with Crippen LogP contribution in [-0.2, 0) is 6.42 Å². The number of nitrogens with zero attached hydrogens (tertiary/aromatic N) is 4. The Labute approximate surface area is 195 Å². The van der Waals surface area contributed by atoms with E-state index in [0.29, 0.717) is 12.6 Å². The SMILES string of the molecule is C=C(c1cc2cc(c1)Nc1nccc(n1)-c1cccc(c1)OC/C=C/C2)N1CCN(C)CC1. The van der Waals surface area contributed by atoms with E-state index < -0.39 is 0 Å². The topological polar surface area (TPSA) is 53.5 Å². The van der Waals surface area contributed by atoms with Crippen molar-refractivity contribution in [3.8, 4) is 17.0 Å². The predicted molar refractivity (Wildman–Crippen MR) is 134 cm³/mol. The van der Waals surface area contributed by atoms with E-state index in [2.05, 4.69) is 64.1 Å². The van der Waals surface area contributed by atoms with Gasteiger partial charge in [0.05, 0.1) is 5.69 Å². The van der Waals surface area contributed by atoms with Crippen molar-refractivity contribution >= 4 is 17.3 Å². The Bertz CT molecular complexity index is 1180. The largest absolute Gasteiger partial charge is 0.490 e. The highest BCUT2D eigenvalue weighted by atomic mass is 16.5.